The molecule has 0 aliphatic carbocycles. The fourth-order valence-electron chi connectivity index (χ4n) is 2.02. The minimum Gasteiger partial charge on any atom is -0.444 e. The van der Waals surface area contributed by atoms with Crippen LogP contribution in [-0.2, 0) is 15.6 Å². The van der Waals surface area contributed by atoms with E-state index in [4.69, 9.17) is 16.0 Å². The van der Waals surface area contributed by atoms with Crippen LogP contribution in [0, 0.1) is 5.82 Å². The second-order valence-electron chi connectivity index (χ2n) is 4.86. The van der Waals surface area contributed by atoms with E-state index in [1.807, 2.05) is 0 Å². The van der Waals surface area contributed by atoms with E-state index < -0.39 is 9.84 Å². The summed E-state index contributed by atoms with van der Waals surface area (Å²) in [5.74, 6) is -0.420. The summed E-state index contributed by atoms with van der Waals surface area (Å²) in [5.41, 5.74) is 0.848. The summed E-state index contributed by atoms with van der Waals surface area (Å²) in [6, 6.07) is 11.5. The average molecular weight is 352 g/mol. The Morgan fingerprint density at radius 3 is 2.35 bits per heavy atom. The molecule has 0 saturated carbocycles. The molecule has 0 aliphatic heterocycles. The van der Waals surface area contributed by atoms with Gasteiger partial charge >= 0.3 is 0 Å². The molecular formula is C16H11ClFNO3S. The van der Waals surface area contributed by atoms with Crippen LogP contribution < -0.4 is 0 Å². The Hall–Kier alpha value is -2.18. The van der Waals surface area contributed by atoms with E-state index >= 15 is 0 Å². The first-order valence-corrected chi connectivity index (χ1v) is 8.66. The number of hydrogen-bond donors (Lipinski definition) is 0. The van der Waals surface area contributed by atoms with Crippen LogP contribution in [-0.4, -0.2) is 13.4 Å². The highest BCUT2D eigenvalue weighted by Crippen LogP contribution is 2.22. The molecule has 3 aromatic rings. The number of aromatic nitrogens is 1. The number of nitrogens with zero attached hydrogens (tertiary/aromatic N) is 1. The molecular weight excluding hydrogens is 341 g/mol. The molecule has 7 heteroatoms. The fraction of sp³-hybridized carbons (Fsp3) is 0.0625. The first-order chi connectivity index (χ1) is 10.9. The lowest BCUT2D eigenvalue weighted by molar-refractivity contribution is 0.571. The van der Waals surface area contributed by atoms with E-state index in [9.17, 15) is 12.8 Å². The van der Waals surface area contributed by atoms with Crippen LogP contribution in [0.2, 0.25) is 5.02 Å². The fourth-order valence-corrected chi connectivity index (χ4v) is 3.38. The predicted molar refractivity (Wildman–Crippen MR) is 84.2 cm³/mol. The summed E-state index contributed by atoms with van der Waals surface area (Å²) in [5, 5.41) is 0.462. The van der Waals surface area contributed by atoms with Gasteiger partial charge in [-0.2, -0.15) is 0 Å². The Kier molecular flexibility index (Phi) is 4.19. The molecule has 3 rings (SSSR count). The molecule has 118 valence electrons. The van der Waals surface area contributed by atoms with E-state index in [1.54, 1.807) is 0 Å². The van der Waals surface area contributed by atoms with Crippen LogP contribution >= 0.6 is 11.6 Å². The molecule has 23 heavy (non-hydrogen) atoms. The number of rotatable bonds is 4. The molecule has 1 heterocycles. The minimum atomic E-state index is -3.55. The normalized spacial score (nSPS) is 11.6. The maximum atomic E-state index is 12.9. The third-order valence-corrected chi connectivity index (χ3v) is 5.07. The number of oxazole rings is 1. The Balaban J connectivity index is 1.83. The van der Waals surface area contributed by atoms with Gasteiger partial charge in [-0.05, 0) is 48.5 Å². The Bertz CT molecular complexity index is 919. The van der Waals surface area contributed by atoms with Gasteiger partial charge in [-0.15, -0.1) is 0 Å². The predicted octanol–water partition coefficient (Wildman–Crippen LogP) is 4.11. The van der Waals surface area contributed by atoms with Gasteiger partial charge in [0.25, 0.3) is 0 Å². The first kappa shape index (κ1) is 15.7. The summed E-state index contributed by atoms with van der Waals surface area (Å²) < 4.78 is 42.8. The molecule has 0 saturated heterocycles. The largest absolute Gasteiger partial charge is 0.444 e. The highest BCUT2D eigenvalue weighted by atomic mass is 35.5. The van der Waals surface area contributed by atoms with Gasteiger partial charge in [0, 0.05) is 10.6 Å². The first-order valence-electron chi connectivity index (χ1n) is 6.63. The second kappa shape index (κ2) is 6.14. The molecule has 0 spiro atoms. The molecule has 0 amide bonds. The lowest BCUT2D eigenvalue weighted by atomic mass is 10.2. The SMILES string of the molecule is O=S(=O)(Cc1coc(-c2ccc(F)cc2)n1)c1ccc(Cl)cc1. The standard InChI is InChI=1S/C16H11ClFNO3S/c17-12-3-7-15(8-4-12)23(20,21)10-14-9-22-16(19-14)11-1-5-13(18)6-2-11/h1-9H,10H2. The molecule has 1 aromatic heterocycles. The number of sulfone groups is 1. The monoisotopic (exact) mass is 351 g/mol. The topological polar surface area (TPSA) is 60.2 Å². The van der Waals surface area contributed by atoms with Crippen LogP contribution in [0.1, 0.15) is 5.69 Å². The number of hydrogen-bond acceptors (Lipinski definition) is 4. The van der Waals surface area contributed by atoms with Gasteiger partial charge in [-0.1, -0.05) is 11.6 Å². The zero-order chi connectivity index (χ0) is 16.4. The summed E-state index contributed by atoms with van der Waals surface area (Å²) in [7, 11) is -3.55. The molecule has 4 nitrogen and oxygen atoms in total. The zero-order valence-electron chi connectivity index (χ0n) is 11.7. The van der Waals surface area contributed by atoms with E-state index in [1.165, 1.54) is 54.8 Å². The molecule has 2 aromatic carbocycles. The van der Waals surface area contributed by atoms with Crippen molar-refractivity contribution in [1.82, 2.24) is 4.98 Å². The highest BCUT2D eigenvalue weighted by molar-refractivity contribution is 7.90. The van der Waals surface area contributed by atoms with Crippen molar-refractivity contribution < 1.29 is 17.2 Å². The van der Waals surface area contributed by atoms with Crippen molar-refractivity contribution in [2.75, 3.05) is 0 Å². The molecule has 0 unspecified atom stereocenters. The second-order valence-corrected chi connectivity index (χ2v) is 7.29. The van der Waals surface area contributed by atoms with Gasteiger partial charge in [0.2, 0.25) is 5.89 Å². The van der Waals surface area contributed by atoms with Crippen LogP contribution in [0.4, 0.5) is 4.39 Å². The van der Waals surface area contributed by atoms with E-state index in [-0.39, 0.29) is 28.1 Å². The quantitative estimate of drug-likeness (QED) is 0.709. The number of benzene rings is 2. The van der Waals surface area contributed by atoms with Crippen molar-refractivity contribution in [3.63, 3.8) is 0 Å². The molecule has 0 N–H and O–H groups in total. The van der Waals surface area contributed by atoms with Crippen LogP contribution in [0.25, 0.3) is 11.5 Å². The minimum absolute atomic E-state index is 0.160. The van der Waals surface area contributed by atoms with E-state index in [0.717, 1.165) is 0 Å². The number of halogens is 2. The van der Waals surface area contributed by atoms with Gasteiger partial charge in [0.05, 0.1) is 10.6 Å². The van der Waals surface area contributed by atoms with Gasteiger partial charge < -0.3 is 4.42 Å². The van der Waals surface area contributed by atoms with Gasteiger partial charge in [-0.25, -0.2) is 17.8 Å². The van der Waals surface area contributed by atoms with Crippen LogP contribution in [0.15, 0.2) is 64.1 Å². The van der Waals surface area contributed by atoms with Crippen molar-refractivity contribution in [3.05, 3.63) is 71.3 Å². The molecule has 0 atom stereocenters. The Morgan fingerprint density at radius 1 is 1.04 bits per heavy atom. The van der Waals surface area contributed by atoms with E-state index in [2.05, 4.69) is 4.98 Å². The molecule has 0 aliphatic rings. The summed E-state index contributed by atoms with van der Waals surface area (Å²) in [6.07, 6.45) is 1.28. The maximum absolute atomic E-state index is 12.9. The van der Waals surface area contributed by atoms with Crippen molar-refractivity contribution >= 4 is 21.4 Å². The summed E-state index contributed by atoms with van der Waals surface area (Å²) in [6.45, 7) is 0. The zero-order valence-corrected chi connectivity index (χ0v) is 13.3. The van der Waals surface area contributed by atoms with Gasteiger partial charge in [0.15, 0.2) is 9.84 Å². The Labute approximate surface area is 137 Å². The lowest BCUT2D eigenvalue weighted by Crippen LogP contribution is -2.05. The molecule has 0 fully saturated rings. The maximum Gasteiger partial charge on any atom is 0.226 e. The van der Waals surface area contributed by atoms with Gasteiger partial charge in [-0.3, -0.25) is 0 Å². The summed E-state index contributed by atoms with van der Waals surface area (Å²) >= 11 is 5.76. The lowest BCUT2D eigenvalue weighted by Gasteiger charge is -2.02. The smallest absolute Gasteiger partial charge is 0.226 e. The van der Waals surface area contributed by atoms with Crippen molar-refractivity contribution in [3.8, 4) is 11.5 Å². The average Bonchev–Trinajstić information content (AvgIpc) is 2.96. The van der Waals surface area contributed by atoms with Crippen molar-refractivity contribution in [2.45, 2.75) is 10.6 Å². The Morgan fingerprint density at radius 2 is 1.70 bits per heavy atom. The third-order valence-electron chi connectivity index (χ3n) is 3.15. The van der Waals surface area contributed by atoms with Crippen LogP contribution in [0.5, 0.6) is 0 Å². The van der Waals surface area contributed by atoms with Crippen molar-refractivity contribution in [2.24, 2.45) is 0 Å². The van der Waals surface area contributed by atoms with Gasteiger partial charge in [0.1, 0.15) is 17.8 Å². The third kappa shape index (κ3) is 3.60. The van der Waals surface area contributed by atoms with E-state index in [0.29, 0.717) is 10.6 Å². The van der Waals surface area contributed by atoms with Crippen LogP contribution in [0.3, 0.4) is 0 Å². The van der Waals surface area contributed by atoms with Crippen molar-refractivity contribution in [1.29, 1.82) is 0 Å². The summed E-state index contributed by atoms with van der Waals surface area (Å²) in [4.78, 5) is 4.30. The molecule has 0 radical (unpaired) electrons. The molecule has 0 bridgehead atoms. The highest BCUT2D eigenvalue weighted by Gasteiger charge is 2.18.